The number of nitrogens with one attached hydrogen (secondary N) is 1. The highest BCUT2D eigenvalue weighted by Crippen LogP contribution is 2.42. The second kappa shape index (κ2) is 17.4. The van der Waals surface area contributed by atoms with Gasteiger partial charge in [0.2, 0.25) is 17.8 Å². The van der Waals surface area contributed by atoms with Crippen molar-refractivity contribution in [2.75, 3.05) is 53.2 Å². The first-order valence-corrected chi connectivity index (χ1v) is 19.3. The molecule has 0 unspecified atom stereocenters. The lowest BCUT2D eigenvalue weighted by molar-refractivity contribution is -0.120. The number of halogens is 1. The van der Waals surface area contributed by atoms with E-state index in [2.05, 4.69) is 42.0 Å². The highest BCUT2D eigenvalue weighted by atomic mass is 19.1. The first kappa shape index (κ1) is 39.4. The Hall–Kier alpha value is -5.31. The predicted octanol–water partition coefficient (Wildman–Crippen LogP) is 5.87. The van der Waals surface area contributed by atoms with Crippen molar-refractivity contribution >= 4 is 40.6 Å². The smallest absolute Gasteiger partial charge is 0.249 e. The van der Waals surface area contributed by atoms with Gasteiger partial charge in [-0.1, -0.05) is 39.5 Å². The predicted molar refractivity (Wildman–Crippen MR) is 213 cm³/mol. The number of carbonyl (C=O) groups excluding carboxylic acids is 2. The molecule has 2 aliphatic carbocycles. The number of fused-ring (bicyclic) bond motifs is 2. The summed E-state index contributed by atoms with van der Waals surface area (Å²) in [7, 11) is 6.43. The molecule has 292 valence electrons. The fourth-order valence-electron chi connectivity index (χ4n) is 8.29. The lowest BCUT2D eigenvalue weighted by Crippen LogP contribution is -2.55. The van der Waals surface area contributed by atoms with E-state index < -0.39 is 5.95 Å². The van der Waals surface area contributed by atoms with Gasteiger partial charge in [0.15, 0.2) is 23.3 Å². The molecule has 8 rings (SSSR count). The van der Waals surface area contributed by atoms with Crippen molar-refractivity contribution in [3.05, 3.63) is 55.0 Å². The van der Waals surface area contributed by atoms with E-state index >= 15 is 0 Å². The van der Waals surface area contributed by atoms with E-state index in [-0.39, 0.29) is 23.9 Å². The zero-order valence-corrected chi connectivity index (χ0v) is 32.6. The van der Waals surface area contributed by atoms with Crippen LogP contribution in [-0.4, -0.2) is 99.2 Å². The first-order chi connectivity index (χ1) is 26.7. The number of hydrogen-bond donors (Lipinski definition) is 2. The third kappa shape index (κ3) is 7.80. The van der Waals surface area contributed by atoms with Crippen LogP contribution in [0, 0.1) is 5.95 Å². The molecule has 55 heavy (non-hydrogen) atoms. The molecule has 14 nitrogen and oxygen atoms in total. The molecule has 0 aromatic carbocycles. The maximum absolute atomic E-state index is 13.5. The third-order valence-corrected chi connectivity index (χ3v) is 11.1. The molecule has 2 fully saturated rings. The van der Waals surface area contributed by atoms with Gasteiger partial charge in [0.05, 0.1) is 12.4 Å². The van der Waals surface area contributed by atoms with Gasteiger partial charge in [0.25, 0.3) is 0 Å². The molecule has 2 atom stereocenters. The Bertz CT molecular complexity index is 1970. The molecule has 0 bridgehead atoms. The molecule has 4 aliphatic rings. The van der Waals surface area contributed by atoms with Crippen molar-refractivity contribution in [1.82, 2.24) is 29.9 Å². The molecule has 4 aromatic rings. The van der Waals surface area contributed by atoms with Crippen molar-refractivity contribution in [3.63, 3.8) is 0 Å². The van der Waals surface area contributed by atoms with Gasteiger partial charge >= 0.3 is 0 Å². The summed E-state index contributed by atoms with van der Waals surface area (Å²) in [6.45, 7) is 4.11. The van der Waals surface area contributed by atoms with E-state index in [0.717, 1.165) is 74.3 Å². The minimum Gasteiger partial charge on any atom is -0.400 e. The molecule has 15 heteroatoms. The average Bonchev–Trinajstić information content (AvgIpc) is 3.97. The highest BCUT2D eigenvalue weighted by molar-refractivity contribution is 6.05. The molecule has 2 amide bonds. The van der Waals surface area contributed by atoms with Crippen molar-refractivity contribution in [2.45, 2.75) is 102 Å². The Kier molecular flexibility index (Phi) is 12.5. The number of hydrogen-bond acceptors (Lipinski definition) is 12. The summed E-state index contributed by atoms with van der Waals surface area (Å²) < 4.78 is 13.5. The van der Waals surface area contributed by atoms with E-state index in [0.29, 0.717) is 35.0 Å². The van der Waals surface area contributed by atoms with Gasteiger partial charge in [0.1, 0.15) is 29.3 Å². The monoisotopic (exact) mass is 753 g/mol. The highest BCUT2D eigenvalue weighted by Gasteiger charge is 2.42. The van der Waals surface area contributed by atoms with Crippen LogP contribution in [-0.2, 0) is 9.59 Å². The number of likely N-dealkylation sites (N-methyl/N-ethyl adjacent to an activating group) is 2. The molecule has 2 aliphatic heterocycles. The van der Waals surface area contributed by atoms with Crippen LogP contribution in [0.15, 0.2) is 49.1 Å². The number of anilines is 5. The number of amides is 2. The van der Waals surface area contributed by atoms with Crippen molar-refractivity contribution < 1.29 is 19.1 Å². The number of aromatic nitrogens is 6. The molecule has 2 N–H and O–H groups in total. The minimum absolute atomic E-state index is 0.0817. The second-order valence-corrected chi connectivity index (χ2v) is 14.2. The van der Waals surface area contributed by atoms with Crippen LogP contribution in [0.1, 0.15) is 78.1 Å². The normalized spacial score (nSPS) is 19.7. The van der Waals surface area contributed by atoms with Crippen LogP contribution in [0.4, 0.5) is 33.2 Å². The summed E-state index contributed by atoms with van der Waals surface area (Å²) >= 11 is 0. The summed E-state index contributed by atoms with van der Waals surface area (Å²) in [5, 5.41) is 10.1. The van der Waals surface area contributed by atoms with Gasteiger partial charge in [-0.2, -0.15) is 4.39 Å². The van der Waals surface area contributed by atoms with Crippen molar-refractivity contribution in [2.24, 2.45) is 0 Å². The van der Waals surface area contributed by atoms with E-state index in [9.17, 15) is 14.0 Å². The molecule has 2 saturated carbocycles. The SMILES string of the molecule is CC[C@@H]1C(=O)N(C)c2cnc(-c3ccnc(F)c3)nc2N1C1CCCC1.CC[C@@H]1C(=O)N(C)c2cnc(-c3ccnc(NC)c3)nc2N1C1CCCC1.CO. The minimum atomic E-state index is -0.560. The van der Waals surface area contributed by atoms with Crippen LogP contribution >= 0.6 is 0 Å². The summed E-state index contributed by atoms with van der Waals surface area (Å²) in [4.78, 5) is 60.1. The standard InChI is InChI=1S/C20H26N6O.C19H22FN5O.CH4O/c1-4-15-20(27)25(3)16-12-23-18(13-9-10-22-17(11-13)21-2)24-19(16)26(15)14-7-5-6-8-14;1-3-14-19(26)24(2)15-11-22-17(12-8-9-21-16(20)10-12)23-18(15)25(14)13-6-4-5-7-13;1-2/h9-12,14-15H,4-8H2,1-3H3,(H,21,22);8-11,13-14H,3-7H2,1-2H3;2H,1H3/t15-;14-;/m11./s1. The molecule has 0 spiro atoms. The average molecular weight is 754 g/mol. The fraction of sp³-hybridized carbons (Fsp3) is 0.500. The third-order valence-electron chi connectivity index (χ3n) is 11.1. The Morgan fingerprint density at radius 2 is 1.15 bits per heavy atom. The van der Waals surface area contributed by atoms with Gasteiger partial charge in [-0.25, -0.2) is 29.9 Å². The molecule has 0 saturated heterocycles. The Labute approximate surface area is 322 Å². The zero-order valence-electron chi connectivity index (χ0n) is 32.6. The number of nitrogens with zero attached hydrogens (tertiary/aromatic N) is 10. The van der Waals surface area contributed by atoms with Gasteiger partial charge in [-0.3, -0.25) is 9.59 Å². The summed E-state index contributed by atoms with van der Waals surface area (Å²) in [6.07, 6.45) is 17.2. The maximum atomic E-state index is 13.5. The van der Waals surface area contributed by atoms with Gasteiger partial charge in [0, 0.05) is 69.9 Å². The Balaban J connectivity index is 0.000000179. The maximum Gasteiger partial charge on any atom is 0.249 e. The number of pyridine rings is 2. The number of aliphatic hydroxyl groups is 1. The molecular weight excluding hydrogens is 702 g/mol. The van der Waals surface area contributed by atoms with Crippen molar-refractivity contribution in [3.8, 4) is 22.8 Å². The molecule has 6 heterocycles. The summed E-state index contributed by atoms with van der Waals surface area (Å²) in [6, 6.07) is 7.20. The Morgan fingerprint density at radius 1 is 0.709 bits per heavy atom. The van der Waals surface area contributed by atoms with Gasteiger partial charge in [-0.15, -0.1) is 0 Å². The van der Waals surface area contributed by atoms with Crippen LogP contribution in [0.25, 0.3) is 22.8 Å². The number of carbonyl (C=O) groups is 2. The van der Waals surface area contributed by atoms with E-state index in [1.807, 2.05) is 33.2 Å². The molecule has 4 aromatic heterocycles. The number of aliphatic hydroxyl groups excluding tert-OH is 1. The second-order valence-electron chi connectivity index (χ2n) is 14.2. The van der Waals surface area contributed by atoms with Gasteiger partial charge < -0.3 is 30.0 Å². The van der Waals surface area contributed by atoms with E-state index in [1.165, 1.54) is 37.9 Å². The van der Waals surface area contributed by atoms with Crippen LogP contribution in [0.2, 0.25) is 0 Å². The number of rotatable bonds is 7. The van der Waals surface area contributed by atoms with Crippen LogP contribution in [0.3, 0.4) is 0 Å². The summed E-state index contributed by atoms with van der Waals surface area (Å²) in [5.74, 6) is 3.19. The van der Waals surface area contributed by atoms with E-state index in [4.69, 9.17) is 15.1 Å². The molecular formula is C40H52FN11O3. The van der Waals surface area contributed by atoms with Crippen LogP contribution in [0.5, 0.6) is 0 Å². The van der Waals surface area contributed by atoms with Gasteiger partial charge in [-0.05, 0) is 56.7 Å². The van der Waals surface area contributed by atoms with E-state index in [1.54, 1.807) is 41.5 Å². The lowest BCUT2D eigenvalue weighted by atomic mass is 10.0. The molecule has 0 radical (unpaired) electrons. The quantitative estimate of drug-likeness (QED) is 0.217. The fourth-order valence-corrected chi connectivity index (χ4v) is 8.29. The first-order valence-electron chi connectivity index (χ1n) is 19.3. The van der Waals surface area contributed by atoms with Crippen molar-refractivity contribution in [1.29, 1.82) is 0 Å². The topological polar surface area (TPSA) is 157 Å². The van der Waals surface area contributed by atoms with Crippen LogP contribution < -0.4 is 24.9 Å². The zero-order chi connectivity index (χ0) is 39.2. The summed E-state index contributed by atoms with van der Waals surface area (Å²) in [5.41, 5.74) is 3.00. The largest absolute Gasteiger partial charge is 0.400 e. The Morgan fingerprint density at radius 3 is 1.56 bits per heavy atom. The lowest BCUT2D eigenvalue weighted by Gasteiger charge is -2.43.